The van der Waals surface area contributed by atoms with Gasteiger partial charge < -0.3 is 5.73 Å². The van der Waals surface area contributed by atoms with E-state index in [1.165, 1.54) is 18.5 Å². The molecule has 0 spiro atoms. The fourth-order valence-electron chi connectivity index (χ4n) is 2.92. The molecule has 4 aromatic rings. The fraction of sp³-hybridized carbons (Fsp3) is 0.0500. The lowest BCUT2D eigenvalue weighted by atomic mass is 9.97. The van der Waals surface area contributed by atoms with Crippen LogP contribution >= 0.6 is 0 Å². The molecule has 0 unspecified atom stereocenters. The minimum absolute atomic E-state index is 0.0306. The van der Waals surface area contributed by atoms with Gasteiger partial charge in [0, 0.05) is 23.3 Å². The molecule has 0 aliphatic rings. The Morgan fingerprint density at radius 3 is 2.30 bits per heavy atom. The molecule has 0 amide bonds. The summed E-state index contributed by atoms with van der Waals surface area (Å²) in [5, 5.41) is 11.6. The molecule has 4 rings (SSSR count). The Bertz CT molecular complexity index is 1160. The summed E-state index contributed by atoms with van der Waals surface area (Å²) in [6.07, 6.45) is 1.37. The molecule has 0 saturated heterocycles. The molecular weight excluding hydrogens is 342 g/mol. The molecule has 27 heavy (non-hydrogen) atoms. The van der Waals surface area contributed by atoms with Crippen molar-refractivity contribution in [2.24, 2.45) is 0 Å². The van der Waals surface area contributed by atoms with Gasteiger partial charge in [-0.2, -0.15) is 0 Å². The second-order valence-corrected chi connectivity index (χ2v) is 6.18. The lowest BCUT2D eigenvalue weighted by Gasteiger charge is -2.12. The number of fused-ring (bicyclic) bond motifs is 1. The van der Waals surface area contributed by atoms with E-state index in [1.807, 2.05) is 37.3 Å². The summed E-state index contributed by atoms with van der Waals surface area (Å²) < 4.78 is 0. The number of hydrogen-bond acceptors (Lipinski definition) is 6. The molecule has 0 atom stereocenters. The Balaban J connectivity index is 1.98. The summed E-state index contributed by atoms with van der Waals surface area (Å²) >= 11 is 0. The van der Waals surface area contributed by atoms with Crippen LogP contribution in [0.15, 0.2) is 60.9 Å². The zero-order valence-corrected chi connectivity index (χ0v) is 14.5. The number of non-ortho nitro benzene ring substituents is 1. The number of benzene rings is 2. The Labute approximate surface area is 154 Å². The van der Waals surface area contributed by atoms with Crippen molar-refractivity contribution >= 4 is 22.5 Å². The number of nitrogens with zero attached hydrogens (tertiary/aromatic N) is 4. The van der Waals surface area contributed by atoms with Crippen LogP contribution in [0.4, 0.5) is 11.5 Å². The standard InChI is InChI=1S/C20H15N5O2/c1-12-2-4-13(5-3-12)16-10-17-19(21)22-11-23-20(17)24-18(16)14-6-8-15(9-7-14)25(26)27/h2-11H,1H3,(H2,21,22,23,24). The summed E-state index contributed by atoms with van der Waals surface area (Å²) in [5.41, 5.74) is 10.9. The van der Waals surface area contributed by atoms with E-state index >= 15 is 0 Å². The van der Waals surface area contributed by atoms with Crippen LogP contribution in [0.5, 0.6) is 0 Å². The van der Waals surface area contributed by atoms with Gasteiger partial charge in [-0.25, -0.2) is 15.0 Å². The van der Waals surface area contributed by atoms with Crippen molar-refractivity contribution in [3.8, 4) is 22.4 Å². The number of rotatable bonds is 3. The van der Waals surface area contributed by atoms with E-state index in [2.05, 4.69) is 15.0 Å². The third-order valence-electron chi connectivity index (χ3n) is 4.37. The summed E-state index contributed by atoms with van der Waals surface area (Å²) in [6, 6.07) is 16.3. The molecule has 2 aromatic heterocycles. The van der Waals surface area contributed by atoms with Crippen LogP contribution < -0.4 is 5.73 Å². The summed E-state index contributed by atoms with van der Waals surface area (Å²) in [4.78, 5) is 23.4. The van der Waals surface area contributed by atoms with Crippen LogP contribution in [-0.4, -0.2) is 19.9 Å². The Hall–Kier alpha value is -3.87. The second kappa shape index (κ2) is 6.45. The highest BCUT2D eigenvalue weighted by Gasteiger charge is 2.15. The number of anilines is 1. The number of pyridine rings is 1. The molecule has 2 aromatic carbocycles. The number of hydrogen-bond donors (Lipinski definition) is 1. The topological polar surface area (TPSA) is 108 Å². The van der Waals surface area contributed by atoms with Crippen molar-refractivity contribution in [3.05, 3.63) is 76.6 Å². The first-order chi connectivity index (χ1) is 13.0. The first-order valence-electron chi connectivity index (χ1n) is 8.26. The average Bonchev–Trinajstić information content (AvgIpc) is 2.68. The molecule has 0 bridgehead atoms. The maximum absolute atomic E-state index is 10.9. The molecule has 2 heterocycles. The number of nitrogen functional groups attached to an aromatic ring is 1. The molecule has 0 aliphatic carbocycles. The van der Waals surface area contributed by atoms with E-state index in [9.17, 15) is 10.1 Å². The molecule has 0 radical (unpaired) electrons. The van der Waals surface area contributed by atoms with E-state index in [4.69, 9.17) is 5.73 Å². The van der Waals surface area contributed by atoms with Gasteiger partial charge in [0.25, 0.3) is 5.69 Å². The van der Waals surface area contributed by atoms with Crippen LogP contribution in [0.1, 0.15) is 5.56 Å². The lowest BCUT2D eigenvalue weighted by Crippen LogP contribution is -1.98. The van der Waals surface area contributed by atoms with Crippen LogP contribution in [-0.2, 0) is 0 Å². The smallest absolute Gasteiger partial charge is 0.269 e. The zero-order valence-electron chi connectivity index (χ0n) is 14.5. The minimum Gasteiger partial charge on any atom is -0.383 e. The predicted molar refractivity (Wildman–Crippen MR) is 104 cm³/mol. The largest absolute Gasteiger partial charge is 0.383 e. The SMILES string of the molecule is Cc1ccc(-c2cc3c(N)ncnc3nc2-c2ccc([N+](=O)[O-])cc2)cc1. The van der Waals surface area contributed by atoms with E-state index in [1.54, 1.807) is 12.1 Å². The molecule has 0 fully saturated rings. The van der Waals surface area contributed by atoms with Crippen molar-refractivity contribution in [2.75, 3.05) is 5.73 Å². The van der Waals surface area contributed by atoms with Crippen molar-refractivity contribution in [2.45, 2.75) is 6.92 Å². The Morgan fingerprint density at radius 1 is 0.963 bits per heavy atom. The Kier molecular flexibility index (Phi) is 3.97. The number of nitro benzene ring substituents is 1. The van der Waals surface area contributed by atoms with Crippen molar-refractivity contribution in [3.63, 3.8) is 0 Å². The van der Waals surface area contributed by atoms with Gasteiger partial charge in [-0.1, -0.05) is 29.8 Å². The third-order valence-corrected chi connectivity index (χ3v) is 4.37. The number of aromatic nitrogens is 3. The van der Waals surface area contributed by atoms with Crippen molar-refractivity contribution in [1.82, 2.24) is 15.0 Å². The fourth-order valence-corrected chi connectivity index (χ4v) is 2.92. The molecule has 7 nitrogen and oxygen atoms in total. The first kappa shape index (κ1) is 16.6. The van der Waals surface area contributed by atoms with Gasteiger partial charge in [0.2, 0.25) is 0 Å². The van der Waals surface area contributed by atoms with Gasteiger partial charge >= 0.3 is 0 Å². The van der Waals surface area contributed by atoms with Gasteiger partial charge in [-0.15, -0.1) is 0 Å². The molecule has 0 saturated carbocycles. The van der Waals surface area contributed by atoms with E-state index in [0.717, 1.165) is 22.3 Å². The van der Waals surface area contributed by atoms with Crippen LogP contribution in [0.3, 0.4) is 0 Å². The highest BCUT2D eigenvalue weighted by molar-refractivity contribution is 5.94. The highest BCUT2D eigenvalue weighted by Crippen LogP contribution is 2.34. The van der Waals surface area contributed by atoms with Gasteiger partial charge in [0.15, 0.2) is 5.65 Å². The van der Waals surface area contributed by atoms with Crippen LogP contribution in [0, 0.1) is 17.0 Å². The number of aryl methyl sites for hydroxylation is 1. The third kappa shape index (κ3) is 3.06. The second-order valence-electron chi connectivity index (χ2n) is 6.18. The molecule has 2 N–H and O–H groups in total. The number of nitro groups is 1. The average molecular weight is 357 g/mol. The molecule has 132 valence electrons. The predicted octanol–water partition coefficient (Wildman–Crippen LogP) is 4.16. The van der Waals surface area contributed by atoms with Gasteiger partial charge in [-0.3, -0.25) is 10.1 Å². The number of nitrogens with two attached hydrogens (primary N) is 1. The van der Waals surface area contributed by atoms with E-state index < -0.39 is 4.92 Å². The molecule has 0 aliphatic heterocycles. The van der Waals surface area contributed by atoms with Crippen LogP contribution in [0.2, 0.25) is 0 Å². The van der Waals surface area contributed by atoms with E-state index in [-0.39, 0.29) is 5.69 Å². The molecular formula is C20H15N5O2. The van der Waals surface area contributed by atoms with Gasteiger partial charge in [-0.05, 0) is 30.7 Å². The monoisotopic (exact) mass is 357 g/mol. The van der Waals surface area contributed by atoms with Crippen molar-refractivity contribution < 1.29 is 4.92 Å². The van der Waals surface area contributed by atoms with E-state index in [0.29, 0.717) is 22.5 Å². The van der Waals surface area contributed by atoms with Gasteiger partial charge in [0.1, 0.15) is 12.1 Å². The highest BCUT2D eigenvalue weighted by atomic mass is 16.6. The summed E-state index contributed by atoms with van der Waals surface area (Å²) in [6.45, 7) is 2.02. The lowest BCUT2D eigenvalue weighted by molar-refractivity contribution is -0.384. The normalized spacial score (nSPS) is 10.9. The first-order valence-corrected chi connectivity index (χ1v) is 8.26. The van der Waals surface area contributed by atoms with Crippen LogP contribution in [0.25, 0.3) is 33.4 Å². The molecule has 7 heteroatoms. The zero-order chi connectivity index (χ0) is 19.0. The Morgan fingerprint density at radius 2 is 1.63 bits per heavy atom. The quantitative estimate of drug-likeness (QED) is 0.436. The summed E-state index contributed by atoms with van der Waals surface area (Å²) in [7, 11) is 0. The summed E-state index contributed by atoms with van der Waals surface area (Å²) in [5.74, 6) is 0.358. The maximum Gasteiger partial charge on any atom is 0.269 e. The van der Waals surface area contributed by atoms with Gasteiger partial charge in [0.05, 0.1) is 16.0 Å². The maximum atomic E-state index is 10.9. The van der Waals surface area contributed by atoms with Crippen molar-refractivity contribution in [1.29, 1.82) is 0 Å². The minimum atomic E-state index is -0.424.